The van der Waals surface area contributed by atoms with Crippen molar-refractivity contribution in [3.05, 3.63) is 53.8 Å². The molecular weight excluding hydrogens is 290 g/mol. The number of halogens is 4. The van der Waals surface area contributed by atoms with E-state index in [1.807, 2.05) is 0 Å². The molecule has 3 nitrogen and oxygen atoms in total. The van der Waals surface area contributed by atoms with Gasteiger partial charge in [0.2, 0.25) is 0 Å². The molecule has 21 heavy (non-hydrogen) atoms. The van der Waals surface area contributed by atoms with Crippen LogP contribution in [0.2, 0.25) is 0 Å². The van der Waals surface area contributed by atoms with Gasteiger partial charge in [-0.2, -0.15) is 0 Å². The van der Waals surface area contributed by atoms with Crippen molar-refractivity contribution in [2.24, 2.45) is 0 Å². The zero-order chi connectivity index (χ0) is 15.5. The monoisotopic (exact) mass is 301 g/mol. The molecule has 7 heteroatoms. The summed E-state index contributed by atoms with van der Waals surface area (Å²) in [4.78, 5) is 0. The molecule has 2 aromatic rings. The van der Waals surface area contributed by atoms with E-state index < -0.39 is 12.2 Å². The van der Waals surface area contributed by atoms with Gasteiger partial charge in [-0.05, 0) is 36.4 Å². The maximum atomic E-state index is 13.5. The third kappa shape index (κ3) is 4.55. The van der Waals surface area contributed by atoms with E-state index in [-0.39, 0.29) is 12.4 Å². The van der Waals surface area contributed by atoms with Crippen LogP contribution in [0.1, 0.15) is 5.56 Å². The van der Waals surface area contributed by atoms with Crippen LogP contribution < -0.4 is 15.2 Å². The highest BCUT2D eigenvalue weighted by molar-refractivity contribution is 5.40. The lowest BCUT2D eigenvalue weighted by atomic mass is 10.2. The lowest BCUT2D eigenvalue weighted by Crippen LogP contribution is -2.16. The van der Waals surface area contributed by atoms with Crippen molar-refractivity contribution in [3.8, 4) is 11.5 Å². The molecule has 2 rings (SSSR count). The van der Waals surface area contributed by atoms with Crippen LogP contribution >= 0.6 is 0 Å². The summed E-state index contributed by atoms with van der Waals surface area (Å²) < 4.78 is 58.4. The van der Waals surface area contributed by atoms with Crippen LogP contribution in [0.4, 0.5) is 23.2 Å². The Morgan fingerprint density at radius 3 is 2.14 bits per heavy atom. The van der Waals surface area contributed by atoms with E-state index in [1.165, 1.54) is 30.3 Å². The molecular formula is C14H11F4NO2. The highest BCUT2D eigenvalue weighted by Crippen LogP contribution is 2.25. The Hall–Kier alpha value is -2.44. The SMILES string of the molecule is Nc1ccc(COc2ccc(OC(F)(F)F)cc2)c(F)c1. The molecule has 0 aliphatic carbocycles. The van der Waals surface area contributed by atoms with Gasteiger partial charge < -0.3 is 15.2 Å². The first-order chi connectivity index (χ1) is 9.83. The summed E-state index contributed by atoms with van der Waals surface area (Å²) in [5, 5.41) is 0. The number of rotatable bonds is 4. The number of benzene rings is 2. The maximum Gasteiger partial charge on any atom is 0.573 e. The standard InChI is InChI=1S/C14H11F4NO2/c15-13-7-10(19)2-1-9(13)8-20-11-3-5-12(6-4-11)21-14(16,17)18/h1-7H,8,19H2. The number of nitrogens with two attached hydrogens (primary N) is 1. The molecule has 0 aliphatic heterocycles. The Kier molecular flexibility index (Phi) is 4.21. The summed E-state index contributed by atoms with van der Waals surface area (Å²) in [5.74, 6) is -0.568. The van der Waals surface area contributed by atoms with E-state index in [2.05, 4.69) is 4.74 Å². The van der Waals surface area contributed by atoms with E-state index in [1.54, 1.807) is 0 Å². The molecule has 0 atom stereocenters. The van der Waals surface area contributed by atoms with Gasteiger partial charge in [-0.3, -0.25) is 0 Å². The average Bonchev–Trinajstić information content (AvgIpc) is 2.38. The predicted molar refractivity (Wildman–Crippen MR) is 68.3 cm³/mol. The molecule has 112 valence electrons. The summed E-state index contributed by atoms with van der Waals surface area (Å²) in [6.07, 6.45) is -4.74. The molecule has 0 amide bonds. The second-order valence-corrected chi connectivity index (χ2v) is 4.16. The third-order valence-corrected chi connectivity index (χ3v) is 2.53. The van der Waals surface area contributed by atoms with Crippen LogP contribution in [-0.4, -0.2) is 6.36 Å². The first kappa shape index (κ1) is 15.0. The number of hydrogen-bond acceptors (Lipinski definition) is 3. The third-order valence-electron chi connectivity index (χ3n) is 2.53. The van der Waals surface area contributed by atoms with E-state index in [0.717, 1.165) is 12.1 Å². The van der Waals surface area contributed by atoms with Crippen LogP contribution in [0.3, 0.4) is 0 Å². The number of alkyl halides is 3. The highest BCUT2D eigenvalue weighted by Gasteiger charge is 2.30. The summed E-state index contributed by atoms with van der Waals surface area (Å²) in [6.45, 7) is -0.0639. The van der Waals surface area contributed by atoms with Gasteiger partial charge in [0.15, 0.2) is 0 Å². The van der Waals surface area contributed by atoms with Gasteiger partial charge in [-0.25, -0.2) is 4.39 Å². The molecule has 2 N–H and O–H groups in total. The number of nitrogen functional groups attached to an aromatic ring is 1. The van der Waals surface area contributed by atoms with Gasteiger partial charge in [0, 0.05) is 11.3 Å². The van der Waals surface area contributed by atoms with Gasteiger partial charge in [-0.1, -0.05) is 6.07 Å². The van der Waals surface area contributed by atoms with Gasteiger partial charge in [0.1, 0.15) is 23.9 Å². The minimum Gasteiger partial charge on any atom is -0.489 e. The molecule has 0 bridgehead atoms. The normalized spacial score (nSPS) is 11.2. The van der Waals surface area contributed by atoms with Crippen LogP contribution in [-0.2, 0) is 6.61 Å². The smallest absolute Gasteiger partial charge is 0.489 e. The molecule has 0 unspecified atom stereocenters. The van der Waals surface area contributed by atoms with Crippen molar-refractivity contribution in [1.82, 2.24) is 0 Å². The molecule has 0 spiro atoms. The molecule has 0 aliphatic rings. The molecule has 0 saturated heterocycles. The first-order valence-corrected chi connectivity index (χ1v) is 5.86. The average molecular weight is 301 g/mol. The van der Waals surface area contributed by atoms with E-state index in [9.17, 15) is 17.6 Å². The zero-order valence-electron chi connectivity index (χ0n) is 10.7. The van der Waals surface area contributed by atoms with Gasteiger partial charge >= 0.3 is 6.36 Å². The maximum absolute atomic E-state index is 13.5. The molecule has 0 saturated carbocycles. The number of anilines is 1. The zero-order valence-corrected chi connectivity index (χ0v) is 10.7. The Morgan fingerprint density at radius 2 is 1.57 bits per heavy atom. The highest BCUT2D eigenvalue weighted by atomic mass is 19.4. The minimum atomic E-state index is -4.74. The van der Waals surface area contributed by atoms with Crippen molar-refractivity contribution in [3.63, 3.8) is 0 Å². The topological polar surface area (TPSA) is 44.5 Å². The van der Waals surface area contributed by atoms with Crippen molar-refractivity contribution in [2.75, 3.05) is 5.73 Å². The summed E-state index contributed by atoms with van der Waals surface area (Å²) >= 11 is 0. The van der Waals surface area contributed by atoms with Crippen molar-refractivity contribution < 1.29 is 27.0 Å². The molecule has 0 radical (unpaired) electrons. The summed E-state index contributed by atoms with van der Waals surface area (Å²) in [5.41, 5.74) is 6.00. The predicted octanol–water partition coefficient (Wildman–Crippen LogP) is 3.89. The van der Waals surface area contributed by atoms with Gasteiger partial charge in [0.25, 0.3) is 0 Å². The molecule has 0 heterocycles. The Balaban J connectivity index is 1.97. The van der Waals surface area contributed by atoms with E-state index in [4.69, 9.17) is 10.5 Å². The largest absolute Gasteiger partial charge is 0.573 e. The molecule has 0 fully saturated rings. The van der Waals surface area contributed by atoms with Crippen LogP contribution in [0, 0.1) is 5.82 Å². The second kappa shape index (κ2) is 5.90. The number of ether oxygens (including phenoxy) is 2. The second-order valence-electron chi connectivity index (χ2n) is 4.16. The van der Waals surface area contributed by atoms with E-state index in [0.29, 0.717) is 17.0 Å². The molecule has 0 aromatic heterocycles. The van der Waals surface area contributed by atoms with Crippen LogP contribution in [0.5, 0.6) is 11.5 Å². The molecule has 2 aromatic carbocycles. The lowest BCUT2D eigenvalue weighted by Gasteiger charge is -2.10. The minimum absolute atomic E-state index is 0.0639. The Morgan fingerprint density at radius 1 is 0.952 bits per heavy atom. The fourth-order valence-corrected chi connectivity index (χ4v) is 1.58. The van der Waals surface area contributed by atoms with Crippen molar-refractivity contribution in [2.45, 2.75) is 13.0 Å². The van der Waals surface area contributed by atoms with Crippen LogP contribution in [0.25, 0.3) is 0 Å². The van der Waals surface area contributed by atoms with Crippen molar-refractivity contribution >= 4 is 5.69 Å². The lowest BCUT2D eigenvalue weighted by molar-refractivity contribution is -0.274. The van der Waals surface area contributed by atoms with Gasteiger partial charge in [0.05, 0.1) is 0 Å². The summed E-state index contributed by atoms with van der Waals surface area (Å²) in [7, 11) is 0. The summed E-state index contributed by atoms with van der Waals surface area (Å²) in [6, 6.07) is 9.00. The fourth-order valence-electron chi connectivity index (χ4n) is 1.58. The van der Waals surface area contributed by atoms with Crippen LogP contribution in [0.15, 0.2) is 42.5 Å². The Labute approximate surface area is 117 Å². The first-order valence-electron chi connectivity index (χ1n) is 5.86. The van der Waals surface area contributed by atoms with E-state index >= 15 is 0 Å². The number of hydrogen-bond donors (Lipinski definition) is 1. The Bertz CT molecular complexity index is 611. The van der Waals surface area contributed by atoms with Gasteiger partial charge in [-0.15, -0.1) is 13.2 Å². The quantitative estimate of drug-likeness (QED) is 0.688. The fraction of sp³-hybridized carbons (Fsp3) is 0.143. The van der Waals surface area contributed by atoms with Crippen molar-refractivity contribution in [1.29, 1.82) is 0 Å².